The molecule has 144 valence electrons. The van der Waals surface area contributed by atoms with Gasteiger partial charge in [0, 0.05) is 0 Å². The molecule has 0 fully saturated rings. The van der Waals surface area contributed by atoms with Crippen LogP contribution in [-0.4, -0.2) is 30.4 Å². The summed E-state index contributed by atoms with van der Waals surface area (Å²) in [5.41, 5.74) is 0.672. The first-order chi connectivity index (χ1) is 12.7. The van der Waals surface area contributed by atoms with Crippen LogP contribution in [0.1, 0.15) is 46.4 Å². The van der Waals surface area contributed by atoms with E-state index in [0.717, 1.165) is 11.3 Å². The number of ether oxygens (including phenoxy) is 2. The summed E-state index contributed by atoms with van der Waals surface area (Å²) in [4.78, 5) is 36.9. The van der Waals surface area contributed by atoms with Crippen molar-refractivity contribution in [1.82, 2.24) is 0 Å². The quantitative estimate of drug-likeness (QED) is 0.538. The highest BCUT2D eigenvalue weighted by atomic mass is 35.5. The van der Waals surface area contributed by atoms with Crippen molar-refractivity contribution >= 4 is 45.6 Å². The lowest BCUT2D eigenvalue weighted by molar-refractivity contribution is -0.118. The zero-order valence-corrected chi connectivity index (χ0v) is 17.0. The molecule has 0 radical (unpaired) electrons. The molecule has 0 aliphatic heterocycles. The van der Waals surface area contributed by atoms with E-state index in [4.69, 9.17) is 21.1 Å². The van der Waals surface area contributed by atoms with E-state index in [1.165, 1.54) is 6.92 Å². The maximum atomic E-state index is 12.4. The number of benzene rings is 1. The Hall–Kier alpha value is -2.38. The van der Waals surface area contributed by atoms with Gasteiger partial charge in [0.2, 0.25) is 0 Å². The molecule has 0 unspecified atom stereocenters. The predicted octanol–water partition coefficient (Wildman–Crippen LogP) is 4.50. The van der Waals surface area contributed by atoms with Gasteiger partial charge in [-0.2, -0.15) is 0 Å². The van der Waals surface area contributed by atoms with E-state index in [1.807, 2.05) is 0 Å². The fourth-order valence-electron chi connectivity index (χ4n) is 2.32. The minimum atomic E-state index is -0.589. The maximum Gasteiger partial charge on any atom is 0.341 e. The molecule has 6 nitrogen and oxygen atoms in total. The minimum absolute atomic E-state index is 0.185. The Balaban J connectivity index is 2.20. The molecule has 2 rings (SSSR count). The van der Waals surface area contributed by atoms with Crippen molar-refractivity contribution < 1.29 is 23.9 Å². The van der Waals surface area contributed by atoms with Crippen LogP contribution in [0.25, 0.3) is 0 Å². The van der Waals surface area contributed by atoms with Gasteiger partial charge in [-0.15, -0.1) is 11.3 Å². The molecule has 0 saturated carbocycles. The van der Waals surface area contributed by atoms with Gasteiger partial charge in [0.15, 0.2) is 12.4 Å². The third kappa shape index (κ3) is 5.30. The van der Waals surface area contributed by atoms with Crippen LogP contribution in [-0.2, 0) is 9.53 Å². The van der Waals surface area contributed by atoms with Gasteiger partial charge >= 0.3 is 5.97 Å². The molecule has 0 aliphatic carbocycles. The maximum absolute atomic E-state index is 12.4. The molecule has 1 aromatic carbocycles. The van der Waals surface area contributed by atoms with Gasteiger partial charge in [-0.25, -0.2) is 4.79 Å². The smallest absolute Gasteiger partial charge is 0.341 e. The largest absolute Gasteiger partial charge is 0.482 e. The molecule has 0 saturated heterocycles. The second kappa shape index (κ2) is 9.01. The van der Waals surface area contributed by atoms with Gasteiger partial charge in [-0.3, -0.25) is 9.59 Å². The van der Waals surface area contributed by atoms with Crippen LogP contribution in [0.5, 0.6) is 5.75 Å². The van der Waals surface area contributed by atoms with Crippen LogP contribution in [0.4, 0.5) is 5.00 Å². The Morgan fingerprint density at radius 3 is 2.48 bits per heavy atom. The highest BCUT2D eigenvalue weighted by Crippen LogP contribution is 2.34. The Bertz CT molecular complexity index is 875. The monoisotopic (exact) mass is 409 g/mol. The summed E-state index contributed by atoms with van der Waals surface area (Å²) < 4.78 is 10.6. The standard InChI is InChI=1S/C19H20ClNO5S/c1-10(2)26-19(24)16-11(3)17(12(4)22)27-18(16)21-15(23)9-25-14-8-6-5-7-13(14)20/h5-8,10H,9H2,1-4H3,(H,21,23). The number of rotatable bonds is 7. The summed E-state index contributed by atoms with van der Waals surface area (Å²) in [6, 6.07) is 6.78. The number of para-hydroxylation sites is 1. The van der Waals surface area contributed by atoms with E-state index in [0.29, 0.717) is 21.2 Å². The van der Waals surface area contributed by atoms with Crippen molar-refractivity contribution in [1.29, 1.82) is 0 Å². The first-order valence-electron chi connectivity index (χ1n) is 8.23. The van der Waals surface area contributed by atoms with Crippen molar-refractivity contribution in [2.45, 2.75) is 33.8 Å². The predicted molar refractivity (Wildman–Crippen MR) is 105 cm³/mol. The second-order valence-electron chi connectivity index (χ2n) is 6.04. The summed E-state index contributed by atoms with van der Waals surface area (Å²) in [6.45, 7) is 6.21. The van der Waals surface area contributed by atoms with Gasteiger partial charge in [0.25, 0.3) is 5.91 Å². The first-order valence-corrected chi connectivity index (χ1v) is 9.42. The lowest BCUT2D eigenvalue weighted by atomic mass is 10.1. The van der Waals surface area contributed by atoms with Crippen molar-refractivity contribution in [3.63, 3.8) is 0 Å². The molecule has 27 heavy (non-hydrogen) atoms. The topological polar surface area (TPSA) is 81.7 Å². The number of nitrogens with one attached hydrogen (secondary N) is 1. The summed E-state index contributed by atoms with van der Waals surface area (Å²) in [6.07, 6.45) is -0.329. The minimum Gasteiger partial charge on any atom is -0.482 e. The van der Waals surface area contributed by atoms with E-state index in [9.17, 15) is 14.4 Å². The average Bonchev–Trinajstić information content (AvgIpc) is 2.90. The van der Waals surface area contributed by atoms with Crippen LogP contribution in [0.15, 0.2) is 24.3 Å². The fourth-order valence-corrected chi connectivity index (χ4v) is 3.62. The van der Waals surface area contributed by atoms with Crippen molar-refractivity contribution in [2.24, 2.45) is 0 Å². The van der Waals surface area contributed by atoms with Gasteiger partial charge in [0.05, 0.1) is 21.6 Å². The molecule has 0 spiro atoms. The summed E-state index contributed by atoms with van der Waals surface area (Å²) in [5, 5.41) is 3.28. The zero-order chi connectivity index (χ0) is 20.1. The molecular formula is C19H20ClNO5S. The number of anilines is 1. The molecule has 1 aromatic heterocycles. The molecule has 8 heteroatoms. The van der Waals surface area contributed by atoms with Gasteiger partial charge in [-0.1, -0.05) is 23.7 Å². The Morgan fingerprint density at radius 1 is 1.22 bits per heavy atom. The first kappa shape index (κ1) is 20.9. The van der Waals surface area contributed by atoms with Crippen molar-refractivity contribution in [3.8, 4) is 5.75 Å². The van der Waals surface area contributed by atoms with E-state index in [1.54, 1.807) is 45.0 Å². The van der Waals surface area contributed by atoms with Crippen LogP contribution >= 0.6 is 22.9 Å². The van der Waals surface area contributed by atoms with E-state index in [2.05, 4.69) is 5.32 Å². The Morgan fingerprint density at radius 2 is 1.89 bits per heavy atom. The van der Waals surface area contributed by atoms with Crippen LogP contribution in [0.2, 0.25) is 5.02 Å². The van der Waals surface area contributed by atoms with E-state index >= 15 is 0 Å². The molecule has 2 aromatic rings. The SMILES string of the molecule is CC(=O)c1sc(NC(=O)COc2ccccc2Cl)c(C(=O)OC(C)C)c1C. The molecular weight excluding hydrogens is 390 g/mol. The number of Topliss-reactive ketones (excluding diaryl/α,β-unsaturated/α-hetero) is 1. The third-order valence-electron chi connectivity index (χ3n) is 3.46. The Labute approximate surface area is 166 Å². The highest BCUT2D eigenvalue weighted by molar-refractivity contribution is 7.18. The highest BCUT2D eigenvalue weighted by Gasteiger charge is 2.26. The lowest BCUT2D eigenvalue weighted by Gasteiger charge is -2.11. The lowest BCUT2D eigenvalue weighted by Crippen LogP contribution is -2.21. The molecule has 1 heterocycles. The number of carbonyl (C=O) groups is 3. The summed E-state index contributed by atoms with van der Waals surface area (Å²) in [7, 11) is 0. The number of ketones is 1. The second-order valence-corrected chi connectivity index (χ2v) is 7.47. The van der Waals surface area contributed by atoms with Crippen molar-refractivity contribution in [2.75, 3.05) is 11.9 Å². The van der Waals surface area contributed by atoms with Crippen LogP contribution in [0.3, 0.4) is 0 Å². The molecule has 1 N–H and O–H groups in total. The Kier molecular flexibility index (Phi) is 6.98. The number of hydrogen-bond donors (Lipinski definition) is 1. The van der Waals surface area contributed by atoms with Crippen molar-refractivity contribution in [3.05, 3.63) is 45.3 Å². The molecule has 0 atom stereocenters. The summed E-state index contributed by atoms with van der Waals surface area (Å²) in [5.74, 6) is -0.886. The van der Waals surface area contributed by atoms with Crippen LogP contribution < -0.4 is 10.1 Å². The molecule has 0 aliphatic rings. The van der Waals surface area contributed by atoms with Gasteiger partial charge < -0.3 is 14.8 Å². The number of thiophene rings is 1. The zero-order valence-electron chi connectivity index (χ0n) is 15.4. The van der Waals surface area contributed by atoms with Gasteiger partial charge in [-0.05, 0) is 45.4 Å². The third-order valence-corrected chi connectivity index (χ3v) is 5.08. The molecule has 0 bridgehead atoms. The number of esters is 1. The van der Waals surface area contributed by atoms with Crippen LogP contribution in [0, 0.1) is 6.92 Å². The average molecular weight is 410 g/mol. The molecule has 1 amide bonds. The normalized spacial score (nSPS) is 10.6. The number of amides is 1. The number of carbonyl (C=O) groups excluding carboxylic acids is 3. The van der Waals surface area contributed by atoms with Gasteiger partial charge in [0.1, 0.15) is 10.8 Å². The van der Waals surface area contributed by atoms with E-state index in [-0.39, 0.29) is 29.1 Å². The summed E-state index contributed by atoms with van der Waals surface area (Å²) >= 11 is 7.03. The van der Waals surface area contributed by atoms with E-state index < -0.39 is 11.9 Å². The number of hydrogen-bond acceptors (Lipinski definition) is 6. The number of halogens is 1. The fraction of sp³-hybridized carbons (Fsp3) is 0.316.